The molecule has 2 atom stereocenters. The largest absolute Gasteiger partial charge is 0.484 e. The van der Waals surface area contributed by atoms with Crippen LogP contribution in [-0.4, -0.2) is 9.55 Å². The van der Waals surface area contributed by atoms with Gasteiger partial charge in [-0.2, -0.15) is 0 Å². The zero-order valence-electron chi connectivity index (χ0n) is 10.6. The second kappa shape index (κ2) is 4.14. The van der Waals surface area contributed by atoms with Gasteiger partial charge in [-0.3, -0.25) is 0 Å². The predicted octanol–water partition coefficient (Wildman–Crippen LogP) is 2.25. The minimum absolute atomic E-state index is 0.0114. The number of benzene rings is 1. The van der Waals surface area contributed by atoms with Gasteiger partial charge in [-0.15, -0.1) is 0 Å². The highest BCUT2D eigenvalue weighted by Crippen LogP contribution is 2.39. The van der Waals surface area contributed by atoms with Crippen molar-refractivity contribution in [2.45, 2.75) is 25.5 Å². The molecule has 1 aromatic carbocycles. The summed E-state index contributed by atoms with van der Waals surface area (Å²) in [6, 6.07) is 6.19. The van der Waals surface area contributed by atoms with Crippen LogP contribution in [0.1, 0.15) is 35.4 Å². The molecule has 0 spiro atoms. The van der Waals surface area contributed by atoms with Crippen molar-refractivity contribution < 1.29 is 4.74 Å². The van der Waals surface area contributed by atoms with Crippen LogP contribution in [0.5, 0.6) is 5.75 Å². The van der Waals surface area contributed by atoms with Crippen molar-refractivity contribution in [2.24, 2.45) is 12.8 Å². The Morgan fingerprint density at radius 3 is 3.00 bits per heavy atom. The summed E-state index contributed by atoms with van der Waals surface area (Å²) in [4.78, 5) is 4.13. The monoisotopic (exact) mass is 243 g/mol. The van der Waals surface area contributed by atoms with Gasteiger partial charge in [0.25, 0.3) is 0 Å². The van der Waals surface area contributed by atoms with Gasteiger partial charge in [-0.25, -0.2) is 4.98 Å². The van der Waals surface area contributed by atoms with Gasteiger partial charge in [-0.05, 0) is 13.0 Å². The van der Waals surface area contributed by atoms with Gasteiger partial charge < -0.3 is 15.0 Å². The Kier molecular flexibility index (Phi) is 2.59. The van der Waals surface area contributed by atoms with Crippen LogP contribution in [-0.2, 0) is 7.05 Å². The van der Waals surface area contributed by atoms with Gasteiger partial charge in [-0.1, -0.05) is 17.7 Å². The van der Waals surface area contributed by atoms with Crippen molar-refractivity contribution in [1.82, 2.24) is 9.55 Å². The predicted molar refractivity (Wildman–Crippen MR) is 69.3 cm³/mol. The average molecular weight is 243 g/mol. The molecule has 2 aromatic rings. The lowest BCUT2D eigenvalue weighted by atomic mass is 9.95. The first-order valence-electron chi connectivity index (χ1n) is 6.14. The van der Waals surface area contributed by atoms with Crippen LogP contribution in [0, 0.1) is 6.92 Å². The summed E-state index contributed by atoms with van der Waals surface area (Å²) in [5.41, 5.74) is 9.64. The number of rotatable bonds is 1. The van der Waals surface area contributed by atoms with E-state index in [9.17, 15) is 0 Å². The van der Waals surface area contributed by atoms with Crippen LogP contribution >= 0.6 is 0 Å². The molecule has 1 aliphatic rings. The van der Waals surface area contributed by atoms with Crippen molar-refractivity contribution >= 4 is 0 Å². The van der Waals surface area contributed by atoms with E-state index in [4.69, 9.17) is 10.5 Å². The molecule has 0 saturated heterocycles. The highest BCUT2D eigenvalue weighted by Gasteiger charge is 2.28. The van der Waals surface area contributed by atoms with E-state index in [0.717, 1.165) is 23.4 Å². The maximum absolute atomic E-state index is 6.25. The van der Waals surface area contributed by atoms with Crippen LogP contribution in [0.2, 0.25) is 0 Å². The van der Waals surface area contributed by atoms with Gasteiger partial charge in [0.2, 0.25) is 0 Å². The van der Waals surface area contributed by atoms with Crippen LogP contribution in [0.3, 0.4) is 0 Å². The zero-order valence-corrected chi connectivity index (χ0v) is 10.6. The van der Waals surface area contributed by atoms with E-state index in [1.54, 1.807) is 6.33 Å². The standard InChI is InChI=1S/C14H17N3O/c1-9-3-4-13-10(5-9)11(15)6-14(18-13)12-7-16-8-17(12)2/h3-5,7-8,11,14H,6,15H2,1-2H3/t11-,14?/m1/s1. The third-order valence-electron chi connectivity index (χ3n) is 3.49. The first-order chi connectivity index (χ1) is 8.65. The molecule has 4 nitrogen and oxygen atoms in total. The molecule has 0 saturated carbocycles. The Morgan fingerprint density at radius 1 is 1.44 bits per heavy atom. The normalized spacial score (nSPS) is 22.4. The first kappa shape index (κ1) is 11.3. The Bertz CT molecular complexity index is 576. The van der Waals surface area contributed by atoms with Crippen molar-refractivity contribution in [1.29, 1.82) is 0 Å². The van der Waals surface area contributed by atoms with Gasteiger partial charge in [0.15, 0.2) is 0 Å². The average Bonchev–Trinajstić information content (AvgIpc) is 2.76. The van der Waals surface area contributed by atoms with Gasteiger partial charge >= 0.3 is 0 Å². The molecule has 1 aromatic heterocycles. The van der Waals surface area contributed by atoms with Crippen LogP contribution in [0.15, 0.2) is 30.7 Å². The molecule has 1 aliphatic heterocycles. The van der Waals surface area contributed by atoms with Crippen molar-refractivity contribution in [2.75, 3.05) is 0 Å². The van der Waals surface area contributed by atoms with E-state index < -0.39 is 0 Å². The molecule has 18 heavy (non-hydrogen) atoms. The summed E-state index contributed by atoms with van der Waals surface area (Å²) in [7, 11) is 1.97. The number of aryl methyl sites for hydroxylation is 2. The summed E-state index contributed by atoms with van der Waals surface area (Å²) >= 11 is 0. The second-order valence-electron chi connectivity index (χ2n) is 4.92. The van der Waals surface area contributed by atoms with E-state index in [1.165, 1.54) is 5.56 Å². The Hall–Kier alpha value is -1.81. The molecule has 0 bridgehead atoms. The maximum Gasteiger partial charge on any atom is 0.142 e. The number of aromatic nitrogens is 2. The molecule has 0 fully saturated rings. The number of ether oxygens (including phenoxy) is 1. The molecule has 4 heteroatoms. The van der Waals surface area contributed by atoms with Crippen molar-refractivity contribution in [3.63, 3.8) is 0 Å². The molecule has 0 radical (unpaired) electrons. The molecule has 3 rings (SSSR count). The highest BCUT2D eigenvalue weighted by molar-refractivity contribution is 5.41. The summed E-state index contributed by atoms with van der Waals surface area (Å²) in [6.07, 6.45) is 4.41. The van der Waals surface area contributed by atoms with Crippen LogP contribution in [0.4, 0.5) is 0 Å². The van der Waals surface area contributed by atoms with Crippen LogP contribution < -0.4 is 10.5 Å². The fourth-order valence-corrected chi connectivity index (χ4v) is 2.48. The lowest BCUT2D eigenvalue weighted by Gasteiger charge is -2.30. The lowest BCUT2D eigenvalue weighted by molar-refractivity contribution is 0.154. The highest BCUT2D eigenvalue weighted by atomic mass is 16.5. The minimum atomic E-state index is -0.0114. The van der Waals surface area contributed by atoms with E-state index in [0.29, 0.717) is 0 Å². The Balaban J connectivity index is 1.97. The number of fused-ring (bicyclic) bond motifs is 1. The van der Waals surface area contributed by atoms with Gasteiger partial charge in [0.1, 0.15) is 11.9 Å². The van der Waals surface area contributed by atoms with E-state index in [2.05, 4.69) is 24.0 Å². The zero-order chi connectivity index (χ0) is 12.7. The molecule has 2 N–H and O–H groups in total. The Morgan fingerprint density at radius 2 is 2.28 bits per heavy atom. The van der Waals surface area contributed by atoms with Crippen molar-refractivity contribution in [3.05, 3.63) is 47.5 Å². The third kappa shape index (κ3) is 1.78. The molecule has 94 valence electrons. The molecule has 0 amide bonds. The van der Waals surface area contributed by atoms with Crippen molar-refractivity contribution in [3.8, 4) is 5.75 Å². The SMILES string of the molecule is Cc1ccc2c(c1)[C@H](N)CC(c1cncn1C)O2. The summed E-state index contributed by atoms with van der Waals surface area (Å²) in [5.74, 6) is 0.894. The number of nitrogens with zero attached hydrogens (tertiary/aromatic N) is 2. The number of imidazole rings is 1. The van der Waals surface area contributed by atoms with E-state index in [-0.39, 0.29) is 12.1 Å². The number of hydrogen-bond acceptors (Lipinski definition) is 3. The Labute approximate surface area is 106 Å². The second-order valence-corrected chi connectivity index (χ2v) is 4.92. The quantitative estimate of drug-likeness (QED) is 0.835. The number of nitrogens with two attached hydrogens (primary N) is 1. The molecular weight excluding hydrogens is 226 g/mol. The molecule has 1 unspecified atom stereocenters. The maximum atomic E-state index is 6.25. The first-order valence-corrected chi connectivity index (χ1v) is 6.14. The fraction of sp³-hybridized carbons (Fsp3) is 0.357. The topological polar surface area (TPSA) is 53.1 Å². The molecule has 0 aliphatic carbocycles. The van der Waals surface area contributed by atoms with Gasteiger partial charge in [0, 0.05) is 25.1 Å². The van der Waals surface area contributed by atoms with Crippen LogP contribution in [0.25, 0.3) is 0 Å². The van der Waals surface area contributed by atoms with Gasteiger partial charge in [0.05, 0.1) is 18.2 Å². The smallest absolute Gasteiger partial charge is 0.142 e. The van der Waals surface area contributed by atoms with E-state index >= 15 is 0 Å². The fourth-order valence-electron chi connectivity index (χ4n) is 2.48. The summed E-state index contributed by atoms with van der Waals surface area (Å²) < 4.78 is 8.02. The lowest BCUT2D eigenvalue weighted by Crippen LogP contribution is -2.25. The number of hydrogen-bond donors (Lipinski definition) is 1. The third-order valence-corrected chi connectivity index (χ3v) is 3.49. The summed E-state index contributed by atoms with van der Waals surface area (Å²) in [5, 5.41) is 0. The minimum Gasteiger partial charge on any atom is -0.484 e. The molecular formula is C14H17N3O. The van der Waals surface area contributed by atoms with E-state index in [1.807, 2.05) is 23.9 Å². The summed E-state index contributed by atoms with van der Waals surface area (Å²) in [6.45, 7) is 2.07. The molecule has 2 heterocycles.